The van der Waals surface area contributed by atoms with Gasteiger partial charge in [0, 0.05) is 18.9 Å². The fraction of sp³-hybridized carbons (Fsp3) is 0.552. The van der Waals surface area contributed by atoms with Gasteiger partial charge in [-0.05, 0) is 57.9 Å². The number of halogens is 3. The molecule has 1 N–H and O–H groups in total. The Hall–Kier alpha value is -2.66. The molecule has 7 nitrogen and oxygen atoms in total. The number of fused-ring (bicyclic) bond motifs is 1. The van der Waals surface area contributed by atoms with Gasteiger partial charge in [0.25, 0.3) is 5.91 Å². The van der Waals surface area contributed by atoms with Crippen LogP contribution < -0.4 is 10.1 Å². The average molecular weight is 552 g/mol. The maximum Gasteiger partial charge on any atom is 0.573 e. The summed E-state index contributed by atoms with van der Waals surface area (Å²) in [6, 6.07) is 13.4. The number of rotatable bonds is 9. The van der Waals surface area contributed by atoms with E-state index in [1.165, 1.54) is 18.2 Å². The number of benzene rings is 2. The Morgan fingerprint density at radius 1 is 1.05 bits per heavy atom. The van der Waals surface area contributed by atoms with Crippen LogP contribution in [0.15, 0.2) is 48.5 Å². The van der Waals surface area contributed by atoms with E-state index in [-0.39, 0.29) is 43.8 Å². The van der Waals surface area contributed by atoms with Crippen LogP contribution in [0.5, 0.6) is 5.75 Å². The maximum absolute atomic E-state index is 13.7. The van der Waals surface area contributed by atoms with E-state index in [1.807, 2.05) is 45.0 Å². The lowest BCUT2D eigenvalue weighted by molar-refractivity contribution is -0.274. The summed E-state index contributed by atoms with van der Waals surface area (Å²) in [6.45, 7) is 9.51. The second kappa shape index (κ2) is 11.4. The molecule has 2 aliphatic rings. The molecule has 39 heavy (non-hydrogen) atoms. The van der Waals surface area contributed by atoms with Crippen molar-refractivity contribution in [3.63, 3.8) is 0 Å². The molecule has 10 heteroatoms. The Balaban J connectivity index is 1.59. The molecule has 214 valence electrons. The van der Waals surface area contributed by atoms with E-state index < -0.39 is 36.1 Å². The summed E-state index contributed by atoms with van der Waals surface area (Å²) in [5, 5.41) is 2.99. The highest BCUT2D eigenvalue weighted by Crippen LogP contribution is 2.44. The van der Waals surface area contributed by atoms with Crippen molar-refractivity contribution in [3.05, 3.63) is 65.2 Å². The predicted octanol–water partition coefficient (Wildman–Crippen LogP) is 5.57. The molecule has 1 aliphatic heterocycles. The minimum Gasteiger partial charge on any atom is -0.406 e. The number of carbonyl (C=O) groups is 1. The van der Waals surface area contributed by atoms with Crippen LogP contribution in [0.4, 0.5) is 13.2 Å². The Bertz CT molecular complexity index is 1150. The number of hydrogen-bond donors (Lipinski definition) is 1. The Kier molecular flexibility index (Phi) is 8.61. The summed E-state index contributed by atoms with van der Waals surface area (Å²) in [7, 11) is 0. The highest BCUT2D eigenvalue weighted by atomic mass is 19.4. The van der Waals surface area contributed by atoms with Crippen LogP contribution in [0, 0.1) is 6.92 Å². The number of carbonyl (C=O) groups excluding carboxylic acids is 1. The van der Waals surface area contributed by atoms with Crippen molar-refractivity contribution in [1.82, 2.24) is 5.32 Å². The van der Waals surface area contributed by atoms with E-state index >= 15 is 0 Å². The molecule has 0 spiro atoms. The second-order valence-corrected chi connectivity index (χ2v) is 11.0. The monoisotopic (exact) mass is 551 g/mol. The van der Waals surface area contributed by atoms with Gasteiger partial charge >= 0.3 is 6.36 Å². The SMILES string of the molecule is Cc1cccc(CO[C@]2(C(=O)NC(C)C)C[C@@H](OCc3cccc(OC(F)(F)F)c3)[C@@H]3OC(C)(C)O[C@@H]3C2)c1. The first-order valence-electron chi connectivity index (χ1n) is 13.1. The largest absolute Gasteiger partial charge is 0.573 e. The normalized spacial score (nSPS) is 26.3. The zero-order valence-corrected chi connectivity index (χ0v) is 22.8. The van der Waals surface area contributed by atoms with Crippen molar-refractivity contribution < 1.29 is 41.7 Å². The molecule has 2 aromatic carbocycles. The van der Waals surface area contributed by atoms with Crippen molar-refractivity contribution in [1.29, 1.82) is 0 Å². The van der Waals surface area contributed by atoms with Gasteiger partial charge in [0.05, 0.1) is 25.4 Å². The molecule has 2 aromatic rings. The standard InChI is InChI=1S/C29H36F3NO6/c1-18(2)33-26(34)28(36-17-20-9-6-8-19(3)12-20)14-23(25-24(15-28)38-27(4,5)39-25)35-16-21-10-7-11-22(13-21)37-29(30,31)32/h6-13,18,23-25H,14-17H2,1-5H3,(H,33,34)/t23-,24-,25+,28-/m1/s1. The molecule has 0 bridgehead atoms. The Labute approximate surface area is 226 Å². The van der Waals surface area contributed by atoms with Crippen LogP contribution >= 0.6 is 0 Å². The lowest BCUT2D eigenvalue weighted by Gasteiger charge is -2.43. The molecule has 4 rings (SSSR count). The third-order valence-electron chi connectivity index (χ3n) is 6.68. The maximum atomic E-state index is 13.7. The minimum absolute atomic E-state index is 0.0213. The topological polar surface area (TPSA) is 75.3 Å². The summed E-state index contributed by atoms with van der Waals surface area (Å²) in [4.78, 5) is 13.7. The van der Waals surface area contributed by atoms with E-state index in [4.69, 9.17) is 18.9 Å². The first-order chi connectivity index (χ1) is 18.2. The van der Waals surface area contributed by atoms with Crippen molar-refractivity contribution in [2.75, 3.05) is 0 Å². The third kappa shape index (κ3) is 7.72. The molecule has 1 saturated heterocycles. The number of nitrogens with one attached hydrogen (secondary N) is 1. The van der Waals surface area contributed by atoms with Gasteiger partial charge in [-0.15, -0.1) is 13.2 Å². The number of hydrogen-bond acceptors (Lipinski definition) is 6. The molecule has 1 saturated carbocycles. The van der Waals surface area contributed by atoms with Crippen LogP contribution in [0.2, 0.25) is 0 Å². The Morgan fingerprint density at radius 3 is 2.41 bits per heavy atom. The fourth-order valence-electron chi connectivity index (χ4n) is 5.16. The molecule has 0 aromatic heterocycles. The summed E-state index contributed by atoms with van der Waals surface area (Å²) < 4.78 is 67.2. The van der Waals surface area contributed by atoms with Crippen molar-refractivity contribution in [3.8, 4) is 5.75 Å². The third-order valence-corrected chi connectivity index (χ3v) is 6.68. The van der Waals surface area contributed by atoms with Gasteiger partial charge < -0.3 is 29.0 Å². The van der Waals surface area contributed by atoms with Crippen LogP contribution in [-0.4, -0.2) is 48.0 Å². The fourth-order valence-corrected chi connectivity index (χ4v) is 5.16. The molecule has 1 amide bonds. The summed E-state index contributed by atoms with van der Waals surface area (Å²) >= 11 is 0. The summed E-state index contributed by atoms with van der Waals surface area (Å²) in [5.74, 6) is -1.51. The first-order valence-corrected chi connectivity index (χ1v) is 13.1. The average Bonchev–Trinajstić information content (AvgIpc) is 3.13. The number of ether oxygens (including phenoxy) is 5. The molecule has 1 heterocycles. The highest BCUT2D eigenvalue weighted by Gasteiger charge is 2.58. The van der Waals surface area contributed by atoms with Gasteiger partial charge in [-0.2, -0.15) is 0 Å². The summed E-state index contributed by atoms with van der Waals surface area (Å²) in [6.07, 6.45) is -5.97. The van der Waals surface area contributed by atoms with E-state index in [1.54, 1.807) is 19.9 Å². The van der Waals surface area contributed by atoms with Crippen molar-refractivity contribution in [2.45, 2.75) is 103 Å². The zero-order valence-electron chi connectivity index (χ0n) is 22.8. The molecule has 0 unspecified atom stereocenters. The zero-order chi connectivity index (χ0) is 28.4. The van der Waals surface area contributed by atoms with E-state index in [2.05, 4.69) is 10.1 Å². The van der Waals surface area contributed by atoms with Gasteiger partial charge in [0.15, 0.2) is 11.4 Å². The van der Waals surface area contributed by atoms with Gasteiger partial charge in [0.1, 0.15) is 11.9 Å². The van der Waals surface area contributed by atoms with E-state index in [0.717, 1.165) is 11.1 Å². The molecule has 0 radical (unpaired) electrons. The minimum atomic E-state index is -4.80. The Morgan fingerprint density at radius 2 is 1.74 bits per heavy atom. The van der Waals surface area contributed by atoms with Crippen molar-refractivity contribution >= 4 is 5.91 Å². The van der Waals surface area contributed by atoms with Crippen LogP contribution in [-0.2, 0) is 37.0 Å². The number of alkyl halides is 3. The number of aryl methyl sites for hydroxylation is 1. The van der Waals surface area contributed by atoms with Crippen LogP contribution in [0.3, 0.4) is 0 Å². The molecule has 1 aliphatic carbocycles. The molecular weight excluding hydrogens is 515 g/mol. The highest BCUT2D eigenvalue weighted by molar-refractivity contribution is 5.85. The van der Waals surface area contributed by atoms with E-state index in [9.17, 15) is 18.0 Å². The smallest absolute Gasteiger partial charge is 0.406 e. The summed E-state index contributed by atoms with van der Waals surface area (Å²) in [5.41, 5.74) is 1.21. The van der Waals surface area contributed by atoms with Gasteiger partial charge in [-0.25, -0.2) is 0 Å². The van der Waals surface area contributed by atoms with Crippen LogP contribution in [0.25, 0.3) is 0 Å². The lowest BCUT2D eigenvalue weighted by Crippen LogP contribution is -2.60. The molecule has 2 fully saturated rings. The van der Waals surface area contributed by atoms with Crippen LogP contribution in [0.1, 0.15) is 57.2 Å². The first kappa shape index (κ1) is 29.3. The van der Waals surface area contributed by atoms with E-state index in [0.29, 0.717) is 5.56 Å². The quantitative estimate of drug-likeness (QED) is 0.439. The lowest BCUT2D eigenvalue weighted by atomic mass is 9.78. The molecule has 4 atom stereocenters. The number of amides is 1. The second-order valence-electron chi connectivity index (χ2n) is 11.0. The van der Waals surface area contributed by atoms with Gasteiger partial charge in [-0.3, -0.25) is 4.79 Å². The van der Waals surface area contributed by atoms with Gasteiger partial charge in [0.2, 0.25) is 0 Å². The van der Waals surface area contributed by atoms with Crippen molar-refractivity contribution in [2.24, 2.45) is 0 Å². The van der Waals surface area contributed by atoms with Gasteiger partial charge in [-0.1, -0.05) is 42.0 Å². The predicted molar refractivity (Wildman–Crippen MR) is 137 cm³/mol. The molecular formula is C29H36F3NO6.